The van der Waals surface area contributed by atoms with Crippen LogP contribution in [0.25, 0.3) is 0 Å². The molecule has 0 fully saturated rings. The second-order valence-corrected chi connectivity index (χ2v) is 6.77. The number of esters is 1. The molecule has 0 unspecified atom stereocenters. The van der Waals surface area contributed by atoms with Gasteiger partial charge in [0.15, 0.2) is 0 Å². The smallest absolute Gasteiger partial charge is 0.407 e. The number of carbonyl (C=O) groups excluding carboxylic acids is 2. The van der Waals surface area contributed by atoms with Gasteiger partial charge in [0.1, 0.15) is 18.2 Å². The molecule has 0 aliphatic heterocycles. The molecule has 24 heavy (non-hydrogen) atoms. The summed E-state index contributed by atoms with van der Waals surface area (Å²) in [6.45, 7) is 9.69. The predicted octanol–water partition coefficient (Wildman–Crippen LogP) is 2.62. The Labute approximate surface area is 143 Å². The lowest BCUT2D eigenvalue weighted by Gasteiger charge is -2.23. The van der Waals surface area contributed by atoms with Crippen molar-refractivity contribution in [3.8, 4) is 0 Å². The Balaban J connectivity index is 2.26. The average molecular weight is 336 g/mol. The topological polar surface area (TPSA) is 76.7 Å². The first kappa shape index (κ1) is 20.0. The van der Waals surface area contributed by atoms with E-state index in [0.717, 1.165) is 5.56 Å². The Kier molecular flexibility index (Phi) is 7.71. The summed E-state index contributed by atoms with van der Waals surface area (Å²) in [7, 11) is 0. The third kappa shape index (κ3) is 8.53. The number of amides is 1. The number of nitrogens with one attached hydrogen (secondary N) is 2. The van der Waals surface area contributed by atoms with E-state index >= 15 is 0 Å². The van der Waals surface area contributed by atoms with E-state index in [1.54, 1.807) is 6.92 Å². The highest BCUT2D eigenvalue weighted by atomic mass is 16.6. The Bertz CT molecular complexity index is 526. The molecule has 0 radical (unpaired) electrons. The second-order valence-electron chi connectivity index (χ2n) is 6.77. The molecule has 0 saturated heterocycles. The Morgan fingerprint density at radius 2 is 1.75 bits per heavy atom. The van der Waals surface area contributed by atoms with Crippen molar-refractivity contribution < 1.29 is 19.1 Å². The maximum atomic E-state index is 11.9. The number of benzene rings is 1. The van der Waals surface area contributed by atoms with E-state index in [-0.39, 0.29) is 18.6 Å². The van der Waals surface area contributed by atoms with Gasteiger partial charge in [-0.2, -0.15) is 0 Å². The van der Waals surface area contributed by atoms with Crippen molar-refractivity contribution in [3.63, 3.8) is 0 Å². The van der Waals surface area contributed by atoms with Crippen LogP contribution in [0.3, 0.4) is 0 Å². The second kappa shape index (κ2) is 9.27. The molecule has 0 heterocycles. The van der Waals surface area contributed by atoms with Gasteiger partial charge in [-0.1, -0.05) is 30.3 Å². The normalized spacial score (nSPS) is 13.7. The molecule has 0 bridgehead atoms. The van der Waals surface area contributed by atoms with Crippen molar-refractivity contribution in [2.24, 2.45) is 0 Å². The van der Waals surface area contributed by atoms with Crippen molar-refractivity contribution in [1.29, 1.82) is 0 Å². The highest BCUT2D eigenvalue weighted by Crippen LogP contribution is 2.08. The lowest BCUT2D eigenvalue weighted by Crippen LogP contribution is -2.46. The molecule has 1 aromatic rings. The number of carbonyl (C=O) groups is 2. The highest BCUT2D eigenvalue weighted by molar-refractivity contribution is 5.75. The number of alkyl carbamates (subject to hydrolysis) is 1. The molecule has 0 aromatic heterocycles. The summed E-state index contributed by atoms with van der Waals surface area (Å²) >= 11 is 0. The third-order valence-corrected chi connectivity index (χ3v) is 3.07. The van der Waals surface area contributed by atoms with Crippen molar-refractivity contribution in [1.82, 2.24) is 10.6 Å². The summed E-state index contributed by atoms with van der Waals surface area (Å²) in [6.07, 6.45) is -0.488. The minimum absolute atomic E-state index is 0.182. The summed E-state index contributed by atoms with van der Waals surface area (Å²) in [5.74, 6) is -0.318. The SMILES string of the molecule is C[C@H](NC[C@H](C)NC(=O)OCc1ccccc1)C(=O)OC(C)(C)C. The van der Waals surface area contributed by atoms with E-state index in [1.165, 1.54) is 0 Å². The standard InChI is InChI=1S/C18H28N2O4/c1-13(11-19-14(2)16(21)24-18(3,4)5)20-17(22)23-12-15-9-7-6-8-10-15/h6-10,13-14,19H,11-12H2,1-5H3,(H,20,22)/t13-,14-/m0/s1. The van der Waals surface area contributed by atoms with Gasteiger partial charge in [0.25, 0.3) is 0 Å². The Morgan fingerprint density at radius 1 is 1.12 bits per heavy atom. The van der Waals surface area contributed by atoms with Crippen LogP contribution in [0, 0.1) is 0 Å². The lowest BCUT2D eigenvalue weighted by atomic mass is 10.2. The van der Waals surface area contributed by atoms with Crippen LogP contribution in [-0.4, -0.2) is 36.3 Å². The lowest BCUT2D eigenvalue weighted by molar-refractivity contribution is -0.156. The van der Waals surface area contributed by atoms with E-state index < -0.39 is 17.7 Å². The quantitative estimate of drug-likeness (QED) is 0.749. The fraction of sp³-hybridized carbons (Fsp3) is 0.556. The van der Waals surface area contributed by atoms with Crippen molar-refractivity contribution >= 4 is 12.1 Å². The monoisotopic (exact) mass is 336 g/mol. The van der Waals surface area contributed by atoms with Crippen LogP contribution in [0.1, 0.15) is 40.2 Å². The largest absolute Gasteiger partial charge is 0.459 e. The summed E-state index contributed by atoms with van der Waals surface area (Å²) < 4.78 is 10.4. The molecule has 1 rings (SSSR count). The fourth-order valence-corrected chi connectivity index (χ4v) is 1.84. The van der Waals surface area contributed by atoms with Crippen LogP contribution >= 0.6 is 0 Å². The molecular formula is C18H28N2O4. The number of rotatable bonds is 7. The summed E-state index contributed by atoms with van der Waals surface area (Å²) in [4.78, 5) is 23.6. The van der Waals surface area contributed by atoms with Gasteiger partial charge in [-0.3, -0.25) is 4.79 Å². The molecule has 1 amide bonds. The van der Waals surface area contributed by atoms with E-state index in [9.17, 15) is 9.59 Å². The van der Waals surface area contributed by atoms with Gasteiger partial charge >= 0.3 is 12.1 Å². The first-order valence-electron chi connectivity index (χ1n) is 8.11. The molecule has 1 aromatic carbocycles. The summed E-state index contributed by atoms with van der Waals surface area (Å²) in [5.41, 5.74) is 0.412. The molecule has 2 N–H and O–H groups in total. The maximum absolute atomic E-state index is 11.9. The molecule has 0 saturated carbocycles. The van der Waals surface area contributed by atoms with Crippen molar-refractivity contribution in [2.45, 2.75) is 58.9 Å². The zero-order chi connectivity index (χ0) is 18.2. The van der Waals surface area contributed by atoms with Gasteiger partial charge in [-0.25, -0.2) is 4.79 Å². The first-order chi connectivity index (χ1) is 11.2. The van der Waals surface area contributed by atoms with E-state index in [1.807, 2.05) is 58.0 Å². The highest BCUT2D eigenvalue weighted by Gasteiger charge is 2.21. The summed E-state index contributed by atoms with van der Waals surface area (Å²) in [6, 6.07) is 8.83. The molecule has 134 valence electrons. The third-order valence-electron chi connectivity index (χ3n) is 3.07. The fourth-order valence-electron chi connectivity index (χ4n) is 1.84. The Morgan fingerprint density at radius 3 is 2.33 bits per heavy atom. The molecule has 0 aliphatic rings. The molecule has 2 atom stereocenters. The van der Waals surface area contributed by atoms with Crippen LogP contribution in [0.2, 0.25) is 0 Å². The van der Waals surface area contributed by atoms with Gasteiger partial charge in [0, 0.05) is 12.6 Å². The minimum Gasteiger partial charge on any atom is -0.459 e. The van der Waals surface area contributed by atoms with Crippen LogP contribution in [0.4, 0.5) is 4.79 Å². The molecular weight excluding hydrogens is 308 g/mol. The van der Waals surface area contributed by atoms with Gasteiger partial charge < -0.3 is 20.1 Å². The van der Waals surface area contributed by atoms with E-state index in [4.69, 9.17) is 9.47 Å². The van der Waals surface area contributed by atoms with Crippen LogP contribution in [0.5, 0.6) is 0 Å². The van der Waals surface area contributed by atoms with Gasteiger partial charge in [0.2, 0.25) is 0 Å². The zero-order valence-electron chi connectivity index (χ0n) is 15.1. The van der Waals surface area contributed by atoms with Crippen molar-refractivity contribution in [3.05, 3.63) is 35.9 Å². The van der Waals surface area contributed by atoms with Crippen molar-refractivity contribution in [2.75, 3.05) is 6.54 Å². The number of hydrogen-bond acceptors (Lipinski definition) is 5. The zero-order valence-corrected chi connectivity index (χ0v) is 15.1. The summed E-state index contributed by atoms with van der Waals surface area (Å²) in [5, 5.41) is 5.76. The molecule has 6 heteroatoms. The van der Waals surface area contributed by atoms with Gasteiger partial charge in [-0.05, 0) is 40.2 Å². The van der Waals surface area contributed by atoms with Gasteiger partial charge in [-0.15, -0.1) is 0 Å². The number of hydrogen-bond donors (Lipinski definition) is 2. The van der Waals surface area contributed by atoms with E-state index in [2.05, 4.69) is 10.6 Å². The van der Waals surface area contributed by atoms with Crippen LogP contribution < -0.4 is 10.6 Å². The Hall–Kier alpha value is -2.08. The number of ether oxygens (including phenoxy) is 2. The van der Waals surface area contributed by atoms with Gasteiger partial charge in [0.05, 0.1) is 0 Å². The minimum atomic E-state index is -0.516. The van der Waals surface area contributed by atoms with Crippen LogP contribution in [0.15, 0.2) is 30.3 Å². The maximum Gasteiger partial charge on any atom is 0.407 e. The first-order valence-corrected chi connectivity index (χ1v) is 8.11. The van der Waals surface area contributed by atoms with E-state index in [0.29, 0.717) is 6.54 Å². The predicted molar refractivity (Wildman–Crippen MR) is 92.5 cm³/mol. The average Bonchev–Trinajstić information content (AvgIpc) is 2.50. The molecule has 0 spiro atoms. The van der Waals surface area contributed by atoms with Crippen LogP contribution in [-0.2, 0) is 20.9 Å². The molecule has 6 nitrogen and oxygen atoms in total. The molecule has 0 aliphatic carbocycles.